The maximum Gasteiger partial charge on any atom is 0.414 e. The van der Waals surface area contributed by atoms with Crippen molar-refractivity contribution in [1.29, 1.82) is 0 Å². The second kappa shape index (κ2) is 7.41. The van der Waals surface area contributed by atoms with Crippen LogP contribution in [-0.2, 0) is 23.8 Å². The molecule has 1 aromatic rings. The van der Waals surface area contributed by atoms with Gasteiger partial charge in [-0.1, -0.05) is 36.0 Å². The van der Waals surface area contributed by atoms with Crippen molar-refractivity contribution in [3.63, 3.8) is 0 Å². The Labute approximate surface area is 155 Å². The summed E-state index contributed by atoms with van der Waals surface area (Å²) in [5.74, 6) is -1.90. The molecule has 2 aliphatic rings. The lowest BCUT2D eigenvalue weighted by Gasteiger charge is -2.37. The number of thioether (sulfide) groups is 1. The number of esters is 2. The Morgan fingerprint density at radius 1 is 1.19 bits per heavy atom. The van der Waals surface area contributed by atoms with Gasteiger partial charge in [-0.2, -0.15) is 0 Å². The van der Waals surface area contributed by atoms with Crippen molar-refractivity contribution in [2.75, 3.05) is 20.8 Å². The largest absolute Gasteiger partial charge is 0.468 e. The van der Waals surface area contributed by atoms with Gasteiger partial charge in [0.1, 0.15) is 6.61 Å². The topological polar surface area (TPSA) is 82.1 Å². The van der Waals surface area contributed by atoms with Crippen molar-refractivity contribution in [2.24, 2.45) is 5.92 Å². The molecule has 1 aromatic carbocycles. The second-order valence-electron chi connectivity index (χ2n) is 5.96. The minimum absolute atomic E-state index is 0.216. The highest BCUT2D eigenvalue weighted by molar-refractivity contribution is 8.02. The van der Waals surface area contributed by atoms with E-state index in [-0.39, 0.29) is 12.6 Å². The minimum Gasteiger partial charge on any atom is -0.468 e. The molecule has 0 saturated carbocycles. The van der Waals surface area contributed by atoms with Gasteiger partial charge in [0.2, 0.25) is 4.75 Å². The van der Waals surface area contributed by atoms with Gasteiger partial charge in [0.05, 0.1) is 20.3 Å². The molecule has 1 amide bonds. The first-order valence-corrected chi connectivity index (χ1v) is 8.89. The first-order valence-electron chi connectivity index (χ1n) is 8.07. The molecule has 0 aliphatic carbocycles. The summed E-state index contributed by atoms with van der Waals surface area (Å²) in [6, 6.07) is 8.89. The summed E-state index contributed by atoms with van der Waals surface area (Å²) >= 11 is 1.10. The molecule has 3 rings (SSSR count). The Hall–Kier alpha value is -2.48. The summed E-state index contributed by atoms with van der Waals surface area (Å²) in [6.07, 6.45) is 3.20. The molecular formula is C18H19NO6S. The Morgan fingerprint density at radius 2 is 1.85 bits per heavy atom. The number of amides is 1. The number of allylic oxidation sites excluding steroid dienone is 1. The zero-order valence-corrected chi connectivity index (χ0v) is 15.2. The molecule has 138 valence electrons. The third-order valence-electron chi connectivity index (χ3n) is 4.53. The lowest BCUT2D eigenvalue weighted by Crippen LogP contribution is -2.53. The molecule has 0 aromatic heterocycles. The number of carbonyl (C=O) groups is 3. The molecule has 0 N–H and O–H groups in total. The van der Waals surface area contributed by atoms with Crippen molar-refractivity contribution >= 4 is 29.8 Å². The fraction of sp³-hybridized carbons (Fsp3) is 0.389. The Morgan fingerprint density at radius 3 is 2.46 bits per heavy atom. The Kier molecular flexibility index (Phi) is 5.22. The molecule has 0 unspecified atom stereocenters. The van der Waals surface area contributed by atoms with Crippen LogP contribution in [0.25, 0.3) is 0 Å². The highest BCUT2D eigenvalue weighted by atomic mass is 32.2. The second-order valence-corrected chi connectivity index (χ2v) is 7.28. The van der Waals surface area contributed by atoms with Crippen molar-refractivity contribution in [3.8, 4) is 0 Å². The molecule has 2 atom stereocenters. The standard InChI is InChI=1S/C18H19NO6S/c1-23-15(20)18(16(21)24-2,26-14-6-4-3-5-7-14)12-8-9-19-13(10-12)11-25-17(19)22/h3-9,12-13H,10-11H2,1-2H3/t12-,13-/m0/s1. The van der Waals surface area contributed by atoms with E-state index < -0.39 is 28.7 Å². The predicted octanol–water partition coefficient (Wildman–Crippen LogP) is 2.22. The third-order valence-corrected chi connectivity index (χ3v) is 6.00. The van der Waals surface area contributed by atoms with Crippen LogP contribution in [0.15, 0.2) is 47.5 Å². The van der Waals surface area contributed by atoms with Crippen LogP contribution in [0.2, 0.25) is 0 Å². The van der Waals surface area contributed by atoms with E-state index in [0.29, 0.717) is 6.42 Å². The van der Waals surface area contributed by atoms with E-state index >= 15 is 0 Å². The van der Waals surface area contributed by atoms with Crippen LogP contribution in [0.1, 0.15) is 6.42 Å². The molecule has 0 bridgehead atoms. The minimum atomic E-state index is -1.61. The molecule has 1 fully saturated rings. The van der Waals surface area contributed by atoms with Crippen molar-refractivity contribution in [2.45, 2.75) is 22.1 Å². The maximum atomic E-state index is 12.8. The van der Waals surface area contributed by atoms with Gasteiger partial charge in [-0.25, -0.2) is 14.4 Å². The third kappa shape index (κ3) is 3.05. The SMILES string of the molecule is COC(=O)C(Sc1ccccc1)(C(=O)OC)[C@H]1C=CN2C(=O)OC[C@@H]2C1. The number of carbonyl (C=O) groups excluding carboxylic acids is 3. The number of fused-ring (bicyclic) bond motifs is 1. The molecule has 0 spiro atoms. The van der Waals surface area contributed by atoms with Crippen molar-refractivity contribution < 1.29 is 28.6 Å². The molecule has 2 heterocycles. The van der Waals surface area contributed by atoms with Gasteiger partial charge < -0.3 is 14.2 Å². The summed E-state index contributed by atoms with van der Waals surface area (Å²) in [4.78, 5) is 39.5. The lowest BCUT2D eigenvalue weighted by atomic mass is 9.83. The Bertz CT molecular complexity index is 718. The van der Waals surface area contributed by atoms with E-state index in [0.717, 1.165) is 16.7 Å². The number of hydrogen-bond acceptors (Lipinski definition) is 7. The van der Waals surface area contributed by atoms with Crippen LogP contribution in [0.3, 0.4) is 0 Å². The van der Waals surface area contributed by atoms with Crippen LogP contribution in [-0.4, -0.2) is 54.5 Å². The monoisotopic (exact) mass is 377 g/mol. The molecule has 26 heavy (non-hydrogen) atoms. The van der Waals surface area contributed by atoms with E-state index in [2.05, 4.69) is 0 Å². The van der Waals surface area contributed by atoms with Gasteiger partial charge in [0, 0.05) is 17.0 Å². The van der Waals surface area contributed by atoms with Crippen molar-refractivity contribution in [1.82, 2.24) is 4.90 Å². The molecule has 1 saturated heterocycles. The van der Waals surface area contributed by atoms with E-state index in [4.69, 9.17) is 14.2 Å². The van der Waals surface area contributed by atoms with Gasteiger partial charge in [0.15, 0.2) is 0 Å². The number of methoxy groups -OCH3 is 2. The van der Waals surface area contributed by atoms with Crippen molar-refractivity contribution in [3.05, 3.63) is 42.6 Å². The summed E-state index contributed by atoms with van der Waals surface area (Å²) < 4.78 is 13.4. The van der Waals surface area contributed by atoms with Crippen LogP contribution in [0.4, 0.5) is 4.79 Å². The quantitative estimate of drug-likeness (QED) is 0.337. The predicted molar refractivity (Wildman–Crippen MR) is 93.3 cm³/mol. The first kappa shape index (κ1) is 18.3. The smallest absolute Gasteiger partial charge is 0.414 e. The van der Waals surface area contributed by atoms with Gasteiger partial charge in [-0.05, 0) is 18.6 Å². The summed E-state index contributed by atoms with van der Waals surface area (Å²) in [6.45, 7) is 0.216. The number of cyclic esters (lactones) is 1. The lowest BCUT2D eigenvalue weighted by molar-refractivity contribution is -0.157. The number of nitrogens with zero attached hydrogens (tertiary/aromatic N) is 1. The first-order chi connectivity index (χ1) is 12.5. The van der Waals surface area contributed by atoms with E-state index in [1.54, 1.807) is 12.3 Å². The Balaban J connectivity index is 2.03. The van der Waals surface area contributed by atoms with Gasteiger partial charge in [-0.15, -0.1) is 0 Å². The summed E-state index contributed by atoms with van der Waals surface area (Å²) in [5, 5.41) is 0. The summed E-state index contributed by atoms with van der Waals surface area (Å²) in [7, 11) is 2.49. The van der Waals surface area contributed by atoms with Gasteiger partial charge in [0.25, 0.3) is 0 Å². The van der Waals surface area contributed by atoms with Crippen LogP contribution in [0.5, 0.6) is 0 Å². The fourth-order valence-electron chi connectivity index (χ4n) is 3.23. The molecule has 7 nitrogen and oxygen atoms in total. The van der Waals surface area contributed by atoms with E-state index in [1.165, 1.54) is 19.1 Å². The zero-order chi connectivity index (χ0) is 18.7. The van der Waals surface area contributed by atoms with Crippen LogP contribution in [0, 0.1) is 5.92 Å². The fourth-order valence-corrected chi connectivity index (χ4v) is 4.55. The summed E-state index contributed by atoms with van der Waals surface area (Å²) in [5.41, 5.74) is 0. The highest BCUT2D eigenvalue weighted by Crippen LogP contribution is 2.45. The maximum absolute atomic E-state index is 12.8. The highest BCUT2D eigenvalue weighted by Gasteiger charge is 2.57. The van der Waals surface area contributed by atoms with Crippen LogP contribution < -0.4 is 0 Å². The molecule has 0 radical (unpaired) electrons. The van der Waals surface area contributed by atoms with Gasteiger partial charge >= 0.3 is 18.0 Å². The van der Waals surface area contributed by atoms with Gasteiger partial charge in [-0.3, -0.25) is 4.90 Å². The molecular weight excluding hydrogens is 358 g/mol. The zero-order valence-electron chi connectivity index (χ0n) is 14.4. The van der Waals surface area contributed by atoms with E-state index in [1.807, 2.05) is 30.3 Å². The number of benzene rings is 1. The number of ether oxygens (including phenoxy) is 3. The molecule has 8 heteroatoms. The van der Waals surface area contributed by atoms with Crippen LogP contribution >= 0.6 is 11.8 Å². The number of hydrogen-bond donors (Lipinski definition) is 0. The average Bonchev–Trinajstić information content (AvgIpc) is 3.06. The average molecular weight is 377 g/mol. The normalized spacial score (nSPS) is 21.8. The molecule has 2 aliphatic heterocycles. The van der Waals surface area contributed by atoms with E-state index in [9.17, 15) is 14.4 Å². The number of rotatable bonds is 5.